The van der Waals surface area contributed by atoms with Gasteiger partial charge in [0.2, 0.25) is 5.78 Å². The second-order valence-corrected chi connectivity index (χ2v) is 6.88. The van der Waals surface area contributed by atoms with E-state index in [2.05, 4.69) is 38.0 Å². The minimum absolute atomic E-state index is 0.175. The quantitative estimate of drug-likeness (QED) is 0.442. The summed E-state index contributed by atoms with van der Waals surface area (Å²) in [4.78, 5) is 23.7. The number of hydrogen-bond donors (Lipinski definition) is 1. The number of nitrogens with zero attached hydrogens (tertiary/aromatic N) is 4. The van der Waals surface area contributed by atoms with Crippen LogP contribution in [-0.4, -0.2) is 43.9 Å². The molecule has 3 aromatic rings. The van der Waals surface area contributed by atoms with Gasteiger partial charge in [-0.3, -0.25) is 14.8 Å². The second kappa shape index (κ2) is 7.68. The number of aromatic amines is 1. The Balaban J connectivity index is 1.35. The zero-order chi connectivity index (χ0) is 18.6. The van der Waals surface area contributed by atoms with Gasteiger partial charge >= 0.3 is 0 Å². The van der Waals surface area contributed by atoms with Crippen LogP contribution in [0.5, 0.6) is 0 Å². The molecule has 0 atom stereocenters. The Morgan fingerprint density at radius 1 is 1.26 bits per heavy atom. The topological polar surface area (TPSA) is 74.8 Å². The molecule has 0 amide bonds. The van der Waals surface area contributed by atoms with Gasteiger partial charge in [0.25, 0.3) is 0 Å². The maximum atomic E-state index is 11.9. The van der Waals surface area contributed by atoms with Crippen molar-refractivity contribution in [3.05, 3.63) is 53.7 Å². The Labute approximate surface area is 158 Å². The van der Waals surface area contributed by atoms with Gasteiger partial charge in [0.1, 0.15) is 5.82 Å². The highest BCUT2D eigenvalue weighted by atomic mass is 16.1. The first kappa shape index (κ1) is 17.4. The monoisotopic (exact) mass is 359 g/mol. The van der Waals surface area contributed by atoms with Crippen molar-refractivity contribution < 1.29 is 4.79 Å². The summed E-state index contributed by atoms with van der Waals surface area (Å²) in [6.45, 7) is 4.66. The molecule has 27 heavy (non-hydrogen) atoms. The molecule has 1 saturated heterocycles. The fourth-order valence-electron chi connectivity index (χ4n) is 3.42. The van der Waals surface area contributed by atoms with Crippen molar-refractivity contribution >= 4 is 16.7 Å². The van der Waals surface area contributed by atoms with Crippen LogP contribution < -0.4 is 0 Å². The Kier molecular flexibility index (Phi) is 4.95. The summed E-state index contributed by atoms with van der Waals surface area (Å²) in [5, 5.41) is 7.52. The molecule has 4 rings (SSSR count). The number of nitrogens with one attached hydrogen (secondary N) is 1. The summed E-state index contributed by atoms with van der Waals surface area (Å²) in [5.74, 6) is 6.84. The summed E-state index contributed by atoms with van der Waals surface area (Å²) < 4.78 is 0. The van der Waals surface area contributed by atoms with Crippen molar-refractivity contribution in [3.8, 4) is 11.8 Å². The van der Waals surface area contributed by atoms with Crippen LogP contribution in [0.15, 0.2) is 36.7 Å². The molecule has 0 unspecified atom stereocenters. The smallest absolute Gasteiger partial charge is 0.239 e. The zero-order valence-electron chi connectivity index (χ0n) is 15.3. The molecule has 136 valence electrons. The number of piperidine rings is 1. The third-order valence-corrected chi connectivity index (χ3v) is 4.94. The van der Waals surface area contributed by atoms with Crippen molar-refractivity contribution in [1.29, 1.82) is 0 Å². The molecular weight excluding hydrogens is 338 g/mol. The van der Waals surface area contributed by atoms with Gasteiger partial charge in [0, 0.05) is 23.2 Å². The van der Waals surface area contributed by atoms with Crippen LogP contribution >= 0.6 is 0 Å². The van der Waals surface area contributed by atoms with Crippen LogP contribution in [0.3, 0.4) is 0 Å². The lowest BCUT2D eigenvalue weighted by Crippen LogP contribution is -2.33. The van der Waals surface area contributed by atoms with Gasteiger partial charge < -0.3 is 0 Å². The molecule has 0 saturated carbocycles. The van der Waals surface area contributed by atoms with Gasteiger partial charge in [-0.05, 0) is 44.8 Å². The molecule has 2 aromatic heterocycles. The van der Waals surface area contributed by atoms with E-state index < -0.39 is 0 Å². The maximum Gasteiger partial charge on any atom is 0.239 e. The highest BCUT2D eigenvalue weighted by Gasteiger charge is 2.19. The van der Waals surface area contributed by atoms with E-state index in [0.717, 1.165) is 54.9 Å². The maximum absolute atomic E-state index is 11.9. The van der Waals surface area contributed by atoms with Crippen molar-refractivity contribution in [2.45, 2.75) is 26.3 Å². The predicted octanol–water partition coefficient (Wildman–Crippen LogP) is 2.76. The Morgan fingerprint density at radius 2 is 2.07 bits per heavy atom. The lowest BCUT2D eigenvalue weighted by molar-refractivity contribution is 0.105. The summed E-state index contributed by atoms with van der Waals surface area (Å²) in [6, 6.07) is 8.12. The molecule has 0 spiro atoms. The average Bonchev–Trinajstić information content (AvgIpc) is 3.22. The Bertz CT molecular complexity index is 1010. The molecule has 1 aromatic carbocycles. The van der Waals surface area contributed by atoms with Crippen LogP contribution in [0.25, 0.3) is 10.9 Å². The van der Waals surface area contributed by atoms with E-state index in [4.69, 9.17) is 4.98 Å². The minimum atomic E-state index is -0.175. The van der Waals surface area contributed by atoms with Gasteiger partial charge in [0.05, 0.1) is 23.8 Å². The lowest BCUT2D eigenvalue weighted by Gasteiger charge is -2.29. The average molecular weight is 359 g/mol. The van der Waals surface area contributed by atoms with Crippen LogP contribution in [-0.2, 0) is 6.54 Å². The largest absolute Gasteiger partial charge is 0.296 e. The predicted molar refractivity (Wildman–Crippen MR) is 103 cm³/mol. The molecule has 3 heterocycles. The van der Waals surface area contributed by atoms with E-state index >= 15 is 0 Å². The van der Waals surface area contributed by atoms with Crippen molar-refractivity contribution in [1.82, 2.24) is 25.1 Å². The van der Waals surface area contributed by atoms with Gasteiger partial charge in [-0.25, -0.2) is 9.97 Å². The molecule has 0 radical (unpaired) electrons. The zero-order valence-corrected chi connectivity index (χ0v) is 15.3. The van der Waals surface area contributed by atoms with Crippen LogP contribution in [0.2, 0.25) is 0 Å². The molecular formula is C21H21N5O. The number of carbonyl (C=O) groups excluding carboxylic acids is 1. The van der Waals surface area contributed by atoms with Gasteiger partial charge in [-0.15, -0.1) is 0 Å². The summed E-state index contributed by atoms with van der Waals surface area (Å²) in [7, 11) is 0. The number of benzene rings is 1. The molecule has 1 fully saturated rings. The molecule has 6 heteroatoms. The second-order valence-electron chi connectivity index (χ2n) is 6.88. The number of rotatable bonds is 3. The van der Waals surface area contributed by atoms with Crippen molar-refractivity contribution in [2.24, 2.45) is 5.92 Å². The first-order valence-electron chi connectivity index (χ1n) is 9.18. The van der Waals surface area contributed by atoms with E-state index in [0.29, 0.717) is 5.56 Å². The normalized spacial score (nSPS) is 15.4. The standard InChI is InChI=1S/C21H21N5O/c1-15-18-4-2-3-5-19(18)25-21(24-15)14-26-10-8-16(9-11-26)6-7-20(27)17-12-22-23-13-17/h2-5,12-13,16H,8-11,14H2,1H3,(H,22,23). The third-order valence-electron chi connectivity index (χ3n) is 4.94. The number of ketones is 1. The fraction of sp³-hybridized carbons (Fsp3) is 0.333. The van der Waals surface area contributed by atoms with Crippen LogP contribution in [0.4, 0.5) is 0 Å². The van der Waals surface area contributed by atoms with E-state index in [1.807, 2.05) is 25.1 Å². The molecule has 0 bridgehead atoms. The summed E-state index contributed by atoms with van der Waals surface area (Å²) >= 11 is 0. The fourth-order valence-corrected chi connectivity index (χ4v) is 3.42. The molecule has 6 nitrogen and oxygen atoms in total. The minimum Gasteiger partial charge on any atom is -0.296 e. The van der Waals surface area contributed by atoms with Crippen molar-refractivity contribution in [3.63, 3.8) is 0 Å². The van der Waals surface area contributed by atoms with Gasteiger partial charge in [-0.2, -0.15) is 5.10 Å². The van der Waals surface area contributed by atoms with E-state index in [1.165, 1.54) is 6.20 Å². The van der Waals surface area contributed by atoms with Crippen LogP contribution in [0, 0.1) is 24.7 Å². The van der Waals surface area contributed by atoms with E-state index in [1.54, 1.807) is 6.20 Å². The first-order chi connectivity index (χ1) is 13.2. The number of Topliss-reactive ketones (excluding diaryl/α,β-unsaturated/α-hetero) is 1. The molecule has 1 N–H and O–H groups in total. The number of H-pyrrole nitrogens is 1. The van der Waals surface area contributed by atoms with E-state index in [9.17, 15) is 4.79 Å². The molecule has 0 aliphatic carbocycles. The van der Waals surface area contributed by atoms with E-state index in [-0.39, 0.29) is 11.7 Å². The third kappa shape index (κ3) is 4.04. The molecule has 1 aliphatic heterocycles. The SMILES string of the molecule is Cc1nc(CN2CCC(C#CC(=O)c3cn[nH]c3)CC2)nc2ccccc12. The number of aryl methyl sites for hydroxylation is 1. The highest BCUT2D eigenvalue weighted by molar-refractivity contribution is 6.08. The number of fused-ring (bicyclic) bond motifs is 1. The number of aromatic nitrogens is 4. The van der Waals surface area contributed by atoms with Gasteiger partial charge in [0.15, 0.2) is 0 Å². The molecule has 1 aliphatic rings. The lowest BCUT2D eigenvalue weighted by atomic mass is 9.97. The summed E-state index contributed by atoms with van der Waals surface area (Å²) in [6.07, 6.45) is 4.99. The number of carbonyl (C=O) groups is 1. The van der Waals surface area contributed by atoms with Crippen molar-refractivity contribution in [2.75, 3.05) is 13.1 Å². The Morgan fingerprint density at radius 3 is 2.85 bits per heavy atom. The number of hydrogen-bond acceptors (Lipinski definition) is 5. The first-order valence-corrected chi connectivity index (χ1v) is 9.18. The van der Waals surface area contributed by atoms with Crippen LogP contribution in [0.1, 0.15) is 34.7 Å². The van der Waals surface area contributed by atoms with Gasteiger partial charge in [-0.1, -0.05) is 24.1 Å². The number of para-hydroxylation sites is 1. The Hall–Kier alpha value is -3.04. The summed E-state index contributed by atoms with van der Waals surface area (Å²) in [5.41, 5.74) is 2.54. The highest BCUT2D eigenvalue weighted by Crippen LogP contribution is 2.19. The number of likely N-dealkylation sites (tertiary alicyclic amines) is 1.